The fourth-order valence-electron chi connectivity index (χ4n) is 5.90. The van der Waals surface area contributed by atoms with E-state index in [0.29, 0.717) is 0 Å². The minimum atomic E-state index is 1.01. The highest BCUT2D eigenvalue weighted by atomic mass is 14.4. The third kappa shape index (κ3) is 3.42. The van der Waals surface area contributed by atoms with E-state index in [-0.39, 0.29) is 0 Å². The maximum Gasteiger partial charge on any atom is -0.0360 e. The van der Waals surface area contributed by atoms with Gasteiger partial charge in [0.25, 0.3) is 0 Å². The summed E-state index contributed by atoms with van der Waals surface area (Å²) in [5.74, 6) is 6.41. The van der Waals surface area contributed by atoms with Crippen LogP contribution in [0.2, 0.25) is 0 Å². The van der Waals surface area contributed by atoms with Gasteiger partial charge >= 0.3 is 0 Å². The summed E-state index contributed by atoms with van der Waals surface area (Å²) in [6.07, 6.45) is 18.5. The lowest BCUT2D eigenvalue weighted by Gasteiger charge is -2.36. The maximum atomic E-state index is 2.59. The highest BCUT2D eigenvalue weighted by Crippen LogP contribution is 2.45. The Kier molecular flexibility index (Phi) is 5.10. The molecule has 0 heteroatoms. The van der Waals surface area contributed by atoms with Gasteiger partial charge < -0.3 is 0 Å². The van der Waals surface area contributed by atoms with E-state index in [1.165, 1.54) is 32.1 Å². The van der Waals surface area contributed by atoms with Crippen LogP contribution in [0.15, 0.2) is 0 Å². The topological polar surface area (TPSA) is 0 Å². The van der Waals surface area contributed by atoms with Crippen molar-refractivity contribution in [1.82, 2.24) is 0 Å². The molecular weight excluding hydrogens is 240 g/mol. The van der Waals surface area contributed by atoms with E-state index in [0.717, 1.165) is 35.5 Å². The number of rotatable bonds is 1. The Morgan fingerprint density at radius 3 is 1.75 bits per heavy atom. The molecule has 0 nitrogen and oxygen atoms in total. The van der Waals surface area contributed by atoms with Gasteiger partial charge in [0.05, 0.1) is 0 Å². The van der Waals surface area contributed by atoms with Crippen molar-refractivity contribution in [2.24, 2.45) is 35.5 Å². The average molecular weight is 277 g/mol. The maximum absolute atomic E-state index is 2.59. The fraction of sp³-hybridized carbons (Fsp3) is 1.00. The molecule has 0 heterocycles. The monoisotopic (exact) mass is 276 g/mol. The summed E-state index contributed by atoms with van der Waals surface area (Å²) in [7, 11) is 0. The van der Waals surface area contributed by atoms with E-state index in [1.807, 2.05) is 0 Å². The summed E-state index contributed by atoms with van der Waals surface area (Å²) >= 11 is 0. The standard InChI is InChI=1S/C20H36/c1-15-9-11-19(12-10-15)20-14-13-18-8-4-7-17(18)6-3-5-16(20)2/h15-20H,3-14H2,1-2H3. The summed E-state index contributed by atoms with van der Waals surface area (Å²) in [4.78, 5) is 0. The predicted molar refractivity (Wildman–Crippen MR) is 87.7 cm³/mol. The molecule has 3 fully saturated rings. The van der Waals surface area contributed by atoms with Crippen LogP contribution in [0.3, 0.4) is 0 Å². The van der Waals surface area contributed by atoms with Crippen LogP contribution in [-0.4, -0.2) is 0 Å². The summed E-state index contributed by atoms with van der Waals surface area (Å²) < 4.78 is 0. The Morgan fingerprint density at radius 2 is 1.05 bits per heavy atom. The molecule has 3 rings (SSSR count). The van der Waals surface area contributed by atoms with Crippen LogP contribution < -0.4 is 0 Å². The Hall–Kier alpha value is 0. The molecule has 0 amide bonds. The van der Waals surface area contributed by atoms with Gasteiger partial charge in [-0.15, -0.1) is 0 Å². The zero-order valence-corrected chi connectivity index (χ0v) is 13.9. The van der Waals surface area contributed by atoms with Gasteiger partial charge in [0, 0.05) is 0 Å². The molecule has 0 bridgehead atoms. The van der Waals surface area contributed by atoms with Crippen LogP contribution in [0.1, 0.15) is 90.9 Å². The first-order valence-electron chi connectivity index (χ1n) is 9.74. The minimum Gasteiger partial charge on any atom is -0.0625 e. The summed E-state index contributed by atoms with van der Waals surface area (Å²) in [6, 6.07) is 0. The van der Waals surface area contributed by atoms with Crippen LogP contribution in [0, 0.1) is 35.5 Å². The molecule has 116 valence electrons. The Morgan fingerprint density at radius 1 is 0.500 bits per heavy atom. The van der Waals surface area contributed by atoms with E-state index in [4.69, 9.17) is 0 Å². The second-order valence-corrected chi connectivity index (χ2v) is 8.62. The first-order chi connectivity index (χ1) is 9.74. The van der Waals surface area contributed by atoms with Crippen molar-refractivity contribution < 1.29 is 0 Å². The molecule has 0 aromatic rings. The number of fused-ring (bicyclic) bond motifs is 1. The van der Waals surface area contributed by atoms with Crippen LogP contribution >= 0.6 is 0 Å². The van der Waals surface area contributed by atoms with Gasteiger partial charge in [-0.05, 0) is 61.2 Å². The van der Waals surface area contributed by atoms with E-state index >= 15 is 0 Å². The van der Waals surface area contributed by atoms with Crippen LogP contribution in [0.5, 0.6) is 0 Å². The van der Waals surface area contributed by atoms with Crippen molar-refractivity contribution in [2.45, 2.75) is 90.9 Å². The third-order valence-electron chi connectivity index (χ3n) is 7.32. The lowest BCUT2D eigenvalue weighted by molar-refractivity contribution is 0.144. The number of hydrogen-bond donors (Lipinski definition) is 0. The smallest absolute Gasteiger partial charge is 0.0360 e. The zero-order valence-electron chi connectivity index (χ0n) is 13.9. The molecule has 4 atom stereocenters. The largest absolute Gasteiger partial charge is 0.0625 e. The predicted octanol–water partition coefficient (Wildman–Crippen LogP) is 6.45. The molecule has 0 aliphatic heterocycles. The van der Waals surface area contributed by atoms with Crippen molar-refractivity contribution in [3.8, 4) is 0 Å². The lowest BCUT2D eigenvalue weighted by atomic mass is 9.69. The van der Waals surface area contributed by atoms with Crippen molar-refractivity contribution in [3.63, 3.8) is 0 Å². The third-order valence-corrected chi connectivity index (χ3v) is 7.32. The van der Waals surface area contributed by atoms with E-state index in [9.17, 15) is 0 Å². The molecule has 0 radical (unpaired) electrons. The van der Waals surface area contributed by atoms with E-state index in [1.54, 1.807) is 44.9 Å². The van der Waals surface area contributed by atoms with Crippen molar-refractivity contribution in [3.05, 3.63) is 0 Å². The summed E-state index contributed by atoms with van der Waals surface area (Å²) in [5, 5.41) is 0. The quantitative estimate of drug-likeness (QED) is 0.516. The molecule has 0 aromatic carbocycles. The number of hydrogen-bond acceptors (Lipinski definition) is 0. The Bertz CT molecular complexity index is 286. The van der Waals surface area contributed by atoms with E-state index in [2.05, 4.69) is 13.8 Å². The summed E-state index contributed by atoms with van der Waals surface area (Å²) in [5.41, 5.74) is 0. The van der Waals surface area contributed by atoms with Crippen LogP contribution in [0.25, 0.3) is 0 Å². The molecule has 0 N–H and O–H groups in total. The van der Waals surface area contributed by atoms with Crippen molar-refractivity contribution in [1.29, 1.82) is 0 Å². The Labute approximate surface area is 127 Å². The highest BCUT2D eigenvalue weighted by Gasteiger charge is 2.34. The van der Waals surface area contributed by atoms with Crippen molar-refractivity contribution >= 4 is 0 Å². The van der Waals surface area contributed by atoms with Gasteiger partial charge in [-0.25, -0.2) is 0 Å². The van der Waals surface area contributed by atoms with Gasteiger partial charge in [-0.1, -0.05) is 65.2 Å². The molecule has 3 aliphatic rings. The molecule has 0 aromatic heterocycles. The molecule has 20 heavy (non-hydrogen) atoms. The van der Waals surface area contributed by atoms with Crippen LogP contribution in [-0.2, 0) is 0 Å². The second kappa shape index (κ2) is 6.84. The Balaban J connectivity index is 1.62. The van der Waals surface area contributed by atoms with Crippen molar-refractivity contribution in [2.75, 3.05) is 0 Å². The summed E-state index contributed by atoms with van der Waals surface area (Å²) in [6.45, 7) is 5.05. The van der Waals surface area contributed by atoms with Crippen LogP contribution in [0.4, 0.5) is 0 Å². The highest BCUT2D eigenvalue weighted by molar-refractivity contribution is 4.85. The van der Waals surface area contributed by atoms with Gasteiger partial charge in [0.2, 0.25) is 0 Å². The fourth-order valence-corrected chi connectivity index (χ4v) is 5.90. The molecule has 4 unspecified atom stereocenters. The molecule has 3 aliphatic carbocycles. The SMILES string of the molecule is CC1CCC(C2CCC3CCCC3CCCC2C)CC1. The first-order valence-corrected chi connectivity index (χ1v) is 9.74. The van der Waals surface area contributed by atoms with Gasteiger partial charge in [-0.3, -0.25) is 0 Å². The lowest BCUT2D eigenvalue weighted by Crippen LogP contribution is -2.26. The molecule has 0 saturated heterocycles. The second-order valence-electron chi connectivity index (χ2n) is 8.62. The molecular formula is C20H36. The van der Waals surface area contributed by atoms with Gasteiger partial charge in [0.15, 0.2) is 0 Å². The van der Waals surface area contributed by atoms with Gasteiger partial charge in [-0.2, -0.15) is 0 Å². The average Bonchev–Trinajstić information content (AvgIpc) is 2.89. The normalized spacial score (nSPS) is 47.1. The molecule has 3 saturated carbocycles. The zero-order chi connectivity index (χ0) is 13.9. The minimum absolute atomic E-state index is 1.01. The first kappa shape index (κ1) is 14.9. The van der Waals surface area contributed by atoms with Gasteiger partial charge in [0.1, 0.15) is 0 Å². The van der Waals surface area contributed by atoms with E-state index < -0.39 is 0 Å². The molecule has 0 spiro atoms.